The molecule has 0 aromatic carbocycles. The van der Waals surface area contributed by atoms with Crippen LogP contribution in [-0.4, -0.2) is 25.2 Å². The predicted molar refractivity (Wildman–Crippen MR) is 83.6 cm³/mol. The fraction of sp³-hybridized carbons (Fsp3) is 0.462. The minimum Gasteiger partial charge on any atom is -0.312 e. The van der Waals surface area contributed by atoms with Crippen LogP contribution in [0.25, 0.3) is 0 Å². The van der Waals surface area contributed by atoms with E-state index in [0.29, 0.717) is 10.8 Å². The van der Waals surface area contributed by atoms with Crippen LogP contribution in [0, 0.1) is 0 Å². The van der Waals surface area contributed by atoms with Gasteiger partial charge in [0.1, 0.15) is 4.21 Å². The van der Waals surface area contributed by atoms with Crippen molar-refractivity contribution in [1.82, 2.24) is 20.2 Å². The maximum Gasteiger partial charge on any atom is 0.250 e. The summed E-state index contributed by atoms with van der Waals surface area (Å²) in [6.07, 6.45) is 4.35. The zero-order chi connectivity index (χ0) is 15.3. The van der Waals surface area contributed by atoms with Crippen molar-refractivity contribution in [2.24, 2.45) is 0 Å². The third-order valence-electron chi connectivity index (χ3n) is 2.98. The highest BCUT2D eigenvalue weighted by Gasteiger charge is 2.20. The summed E-state index contributed by atoms with van der Waals surface area (Å²) < 4.78 is 27.7. The minimum absolute atomic E-state index is 0.322. The van der Waals surface area contributed by atoms with Gasteiger partial charge in [0.15, 0.2) is 0 Å². The first kappa shape index (κ1) is 16.2. The van der Waals surface area contributed by atoms with Gasteiger partial charge in [-0.3, -0.25) is 5.10 Å². The summed E-state index contributed by atoms with van der Waals surface area (Å²) in [7, 11) is -3.50. The molecule has 0 amide bonds. The second-order valence-corrected chi connectivity index (χ2v) is 7.88. The largest absolute Gasteiger partial charge is 0.312 e. The number of hydrogen-bond donors (Lipinski definition) is 3. The molecule has 1 atom stereocenters. The normalized spacial score (nSPS) is 13.4. The van der Waals surface area contributed by atoms with E-state index >= 15 is 0 Å². The molecule has 116 valence electrons. The molecule has 3 N–H and O–H groups in total. The molecule has 0 saturated heterocycles. The van der Waals surface area contributed by atoms with Crippen molar-refractivity contribution in [2.75, 3.05) is 6.54 Å². The standard InChI is InChI=1S/C13H20N4O2S2/c1-3-6-14-9-12-4-5-13(20-12)21(18,19)17-10(2)11-7-15-16-8-11/h4-5,7-8,10,14,17H,3,6,9H2,1-2H3,(H,15,16). The summed E-state index contributed by atoms with van der Waals surface area (Å²) in [5, 5.41) is 9.77. The van der Waals surface area contributed by atoms with E-state index in [-0.39, 0.29) is 6.04 Å². The van der Waals surface area contributed by atoms with Crippen LogP contribution < -0.4 is 10.0 Å². The predicted octanol–water partition coefficient (Wildman–Crippen LogP) is 2.01. The van der Waals surface area contributed by atoms with E-state index in [1.54, 1.807) is 25.4 Å². The van der Waals surface area contributed by atoms with E-state index in [2.05, 4.69) is 27.2 Å². The van der Waals surface area contributed by atoms with E-state index in [1.807, 2.05) is 6.07 Å². The van der Waals surface area contributed by atoms with Crippen LogP contribution in [-0.2, 0) is 16.6 Å². The Kier molecular flexibility index (Phi) is 5.51. The zero-order valence-corrected chi connectivity index (χ0v) is 13.7. The van der Waals surface area contributed by atoms with Gasteiger partial charge >= 0.3 is 0 Å². The van der Waals surface area contributed by atoms with Crippen LogP contribution in [0.4, 0.5) is 0 Å². The second-order valence-electron chi connectivity index (χ2n) is 4.77. The van der Waals surface area contributed by atoms with Gasteiger partial charge in [-0.2, -0.15) is 5.10 Å². The Morgan fingerprint density at radius 1 is 1.43 bits per heavy atom. The van der Waals surface area contributed by atoms with Crippen LogP contribution >= 0.6 is 11.3 Å². The number of thiophene rings is 1. The highest BCUT2D eigenvalue weighted by Crippen LogP contribution is 2.23. The number of aromatic nitrogens is 2. The third-order valence-corrected chi connectivity index (χ3v) is 6.10. The van der Waals surface area contributed by atoms with Gasteiger partial charge in [0, 0.05) is 29.2 Å². The summed E-state index contributed by atoms with van der Waals surface area (Å²) >= 11 is 1.29. The summed E-state index contributed by atoms with van der Waals surface area (Å²) in [4.78, 5) is 1.01. The number of nitrogens with one attached hydrogen (secondary N) is 3. The maximum absolute atomic E-state index is 12.3. The third kappa shape index (κ3) is 4.37. The van der Waals surface area contributed by atoms with Gasteiger partial charge < -0.3 is 5.32 Å². The first-order valence-electron chi connectivity index (χ1n) is 6.83. The lowest BCUT2D eigenvalue weighted by molar-refractivity contribution is 0.569. The fourth-order valence-electron chi connectivity index (χ4n) is 1.84. The quantitative estimate of drug-likeness (QED) is 0.647. The summed E-state index contributed by atoms with van der Waals surface area (Å²) in [6, 6.07) is 3.18. The number of rotatable bonds is 8. The number of hydrogen-bond acceptors (Lipinski definition) is 5. The average Bonchev–Trinajstić information content (AvgIpc) is 3.10. The van der Waals surface area contributed by atoms with Crippen LogP contribution in [0.5, 0.6) is 0 Å². The number of sulfonamides is 1. The molecule has 2 aromatic rings. The molecule has 6 nitrogen and oxygen atoms in total. The second kappa shape index (κ2) is 7.17. The van der Waals surface area contributed by atoms with E-state index < -0.39 is 10.0 Å². The smallest absolute Gasteiger partial charge is 0.250 e. The average molecular weight is 328 g/mol. The fourth-order valence-corrected chi connectivity index (χ4v) is 4.42. The highest BCUT2D eigenvalue weighted by molar-refractivity contribution is 7.91. The molecule has 8 heteroatoms. The molecular weight excluding hydrogens is 308 g/mol. The Hall–Kier alpha value is -1.22. The number of aromatic amines is 1. The molecule has 0 saturated carbocycles. The molecule has 1 unspecified atom stereocenters. The van der Waals surface area contributed by atoms with Gasteiger partial charge in [-0.15, -0.1) is 11.3 Å². The highest BCUT2D eigenvalue weighted by atomic mass is 32.2. The Bertz CT molecular complexity index is 650. The monoisotopic (exact) mass is 328 g/mol. The van der Waals surface area contributed by atoms with Crippen molar-refractivity contribution in [3.63, 3.8) is 0 Å². The van der Waals surface area contributed by atoms with Crippen molar-refractivity contribution in [3.05, 3.63) is 35.0 Å². The van der Waals surface area contributed by atoms with Crippen molar-refractivity contribution < 1.29 is 8.42 Å². The van der Waals surface area contributed by atoms with Gasteiger partial charge in [-0.05, 0) is 32.0 Å². The molecule has 0 radical (unpaired) electrons. The van der Waals surface area contributed by atoms with Crippen LogP contribution in [0.2, 0.25) is 0 Å². The van der Waals surface area contributed by atoms with Gasteiger partial charge in [-0.25, -0.2) is 13.1 Å². The molecule has 2 heterocycles. The molecule has 0 fully saturated rings. The van der Waals surface area contributed by atoms with Crippen molar-refractivity contribution >= 4 is 21.4 Å². The lowest BCUT2D eigenvalue weighted by atomic mass is 10.2. The zero-order valence-electron chi connectivity index (χ0n) is 12.1. The van der Waals surface area contributed by atoms with E-state index in [1.165, 1.54) is 11.3 Å². The molecule has 0 spiro atoms. The minimum atomic E-state index is -3.50. The molecule has 21 heavy (non-hydrogen) atoms. The molecule has 2 rings (SSSR count). The number of H-pyrrole nitrogens is 1. The number of nitrogens with zero attached hydrogens (tertiary/aromatic N) is 1. The van der Waals surface area contributed by atoms with E-state index in [9.17, 15) is 8.42 Å². The van der Waals surface area contributed by atoms with E-state index in [0.717, 1.165) is 23.4 Å². The topological polar surface area (TPSA) is 86.9 Å². The lowest BCUT2D eigenvalue weighted by Crippen LogP contribution is -2.26. The first-order chi connectivity index (χ1) is 10.0. The lowest BCUT2D eigenvalue weighted by Gasteiger charge is -2.11. The van der Waals surface area contributed by atoms with Gasteiger partial charge in [0.05, 0.1) is 6.20 Å². The first-order valence-corrected chi connectivity index (χ1v) is 9.13. The summed E-state index contributed by atoms with van der Waals surface area (Å²) in [5.41, 5.74) is 0.806. The van der Waals surface area contributed by atoms with E-state index in [4.69, 9.17) is 0 Å². The van der Waals surface area contributed by atoms with Gasteiger partial charge in [-0.1, -0.05) is 6.92 Å². The Morgan fingerprint density at radius 2 is 2.24 bits per heavy atom. The van der Waals surface area contributed by atoms with Gasteiger partial charge in [0.2, 0.25) is 0 Å². The Morgan fingerprint density at radius 3 is 2.90 bits per heavy atom. The van der Waals surface area contributed by atoms with Crippen LogP contribution in [0.1, 0.15) is 36.8 Å². The maximum atomic E-state index is 12.3. The summed E-state index contributed by atoms with van der Waals surface area (Å²) in [5.74, 6) is 0. The molecule has 0 aliphatic rings. The summed E-state index contributed by atoms with van der Waals surface area (Å²) in [6.45, 7) is 5.51. The molecular formula is C13H20N4O2S2. The van der Waals surface area contributed by atoms with Gasteiger partial charge in [0.25, 0.3) is 10.0 Å². The Balaban J connectivity index is 2.02. The molecule has 0 bridgehead atoms. The van der Waals surface area contributed by atoms with Crippen molar-refractivity contribution in [3.8, 4) is 0 Å². The van der Waals surface area contributed by atoms with Crippen molar-refractivity contribution in [2.45, 2.75) is 37.1 Å². The SMILES string of the molecule is CCCNCc1ccc(S(=O)(=O)NC(C)c2cn[nH]c2)s1. The van der Waals surface area contributed by atoms with Crippen molar-refractivity contribution in [1.29, 1.82) is 0 Å². The molecule has 0 aliphatic carbocycles. The van der Waals surface area contributed by atoms with Crippen LogP contribution in [0.15, 0.2) is 28.7 Å². The molecule has 2 aromatic heterocycles. The Labute approximate surface area is 129 Å². The molecule has 0 aliphatic heterocycles. The van der Waals surface area contributed by atoms with Crippen LogP contribution in [0.3, 0.4) is 0 Å².